The van der Waals surface area contributed by atoms with Crippen LogP contribution in [0, 0.1) is 0 Å². The number of anilines is 2. The SMILES string of the molecule is CC(=O)Nc1nc2ccc(-c3cnc(N)c(C(F)(F)F)c3)cn2c1Br. The number of pyridine rings is 2. The summed E-state index contributed by atoms with van der Waals surface area (Å²) in [6.07, 6.45) is -1.73. The molecule has 3 N–H and O–H groups in total. The molecular weight excluding hydrogens is 403 g/mol. The quantitative estimate of drug-likeness (QED) is 0.670. The average Bonchev–Trinajstić information content (AvgIpc) is 2.82. The van der Waals surface area contributed by atoms with Crippen molar-refractivity contribution >= 4 is 39.1 Å². The number of hydrogen-bond acceptors (Lipinski definition) is 4. The molecule has 0 aliphatic rings. The number of fused-ring (bicyclic) bond motifs is 1. The summed E-state index contributed by atoms with van der Waals surface area (Å²) in [6.45, 7) is 1.35. The van der Waals surface area contributed by atoms with Crippen LogP contribution in [0.3, 0.4) is 0 Å². The minimum absolute atomic E-state index is 0.255. The molecule has 0 radical (unpaired) electrons. The Morgan fingerprint density at radius 1 is 1.32 bits per heavy atom. The van der Waals surface area contributed by atoms with Crippen LogP contribution in [-0.4, -0.2) is 20.3 Å². The molecule has 0 saturated heterocycles. The fourth-order valence-corrected chi connectivity index (χ4v) is 2.77. The van der Waals surface area contributed by atoms with E-state index in [0.717, 1.165) is 6.07 Å². The van der Waals surface area contributed by atoms with Crippen molar-refractivity contribution in [2.75, 3.05) is 11.1 Å². The zero-order chi connectivity index (χ0) is 18.4. The number of aromatic nitrogens is 3. The van der Waals surface area contributed by atoms with Gasteiger partial charge in [0.25, 0.3) is 0 Å². The second-order valence-electron chi connectivity index (χ2n) is 5.23. The maximum Gasteiger partial charge on any atom is 0.419 e. The molecular formula is C15H11BrF3N5O. The van der Waals surface area contributed by atoms with Gasteiger partial charge in [0.05, 0.1) is 5.56 Å². The van der Waals surface area contributed by atoms with Crippen molar-refractivity contribution in [3.63, 3.8) is 0 Å². The molecule has 3 aromatic heterocycles. The number of nitrogens with two attached hydrogens (primary N) is 1. The Morgan fingerprint density at radius 3 is 2.68 bits per heavy atom. The summed E-state index contributed by atoms with van der Waals surface area (Å²) < 4.78 is 41.1. The molecule has 0 fully saturated rings. The van der Waals surface area contributed by atoms with E-state index in [-0.39, 0.29) is 11.5 Å². The highest BCUT2D eigenvalue weighted by molar-refractivity contribution is 9.10. The van der Waals surface area contributed by atoms with E-state index in [1.807, 2.05) is 0 Å². The van der Waals surface area contributed by atoms with E-state index >= 15 is 0 Å². The first-order valence-corrected chi connectivity index (χ1v) is 7.74. The van der Waals surface area contributed by atoms with Gasteiger partial charge in [-0.2, -0.15) is 13.2 Å². The highest BCUT2D eigenvalue weighted by atomic mass is 79.9. The molecule has 0 saturated carbocycles. The van der Waals surface area contributed by atoms with Gasteiger partial charge in [-0.15, -0.1) is 0 Å². The number of imidazole rings is 1. The highest BCUT2D eigenvalue weighted by Gasteiger charge is 2.34. The van der Waals surface area contributed by atoms with Gasteiger partial charge in [-0.25, -0.2) is 9.97 Å². The maximum atomic E-state index is 13.0. The standard InChI is InChI=1S/C15H11BrF3N5O/c1-7(25)22-14-12(16)24-6-8(2-3-11(24)23-14)9-4-10(15(17,18)19)13(20)21-5-9/h2-6H,1H3,(H2,20,21)(H,22,25). The van der Waals surface area contributed by atoms with E-state index in [1.54, 1.807) is 22.7 Å². The molecule has 0 bridgehead atoms. The number of nitrogens with one attached hydrogen (secondary N) is 1. The van der Waals surface area contributed by atoms with Crippen LogP contribution in [-0.2, 0) is 11.0 Å². The number of carbonyl (C=O) groups excluding carboxylic acids is 1. The van der Waals surface area contributed by atoms with Crippen LogP contribution in [0.25, 0.3) is 16.8 Å². The normalized spacial score (nSPS) is 11.7. The summed E-state index contributed by atoms with van der Waals surface area (Å²) in [7, 11) is 0. The van der Waals surface area contributed by atoms with Crippen molar-refractivity contribution in [1.29, 1.82) is 0 Å². The number of rotatable bonds is 2. The van der Waals surface area contributed by atoms with E-state index in [0.29, 0.717) is 21.6 Å². The summed E-state index contributed by atoms with van der Waals surface area (Å²) in [5.41, 5.74) is 5.58. The van der Waals surface area contributed by atoms with Gasteiger partial charge in [0.1, 0.15) is 16.1 Å². The lowest BCUT2D eigenvalue weighted by Gasteiger charge is -2.11. The third kappa shape index (κ3) is 3.29. The summed E-state index contributed by atoms with van der Waals surface area (Å²) >= 11 is 3.32. The van der Waals surface area contributed by atoms with Gasteiger partial charge in [0.2, 0.25) is 5.91 Å². The van der Waals surface area contributed by atoms with E-state index in [2.05, 4.69) is 31.2 Å². The number of nitrogens with zero attached hydrogens (tertiary/aromatic N) is 3. The summed E-state index contributed by atoms with van der Waals surface area (Å²) in [5, 5.41) is 2.56. The molecule has 130 valence electrons. The van der Waals surface area contributed by atoms with E-state index in [4.69, 9.17) is 5.73 Å². The van der Waals surface area contributed by atoms with Crippen molar-refractivity contribution in [2.45, 2.75) is 13.1 Å². The molecule has 3 rings (SSSR count). The molecule has 0 spiro atoms. The average molecular weight is 414 g/mol. The van der Waals surface area contributed by atoms with Crippen molar-refractivity contribution in [1.82, 2.24) is 14.4 Å². The predicted octanol–water partition coefficient (Wildman–Crippen LogP) is 3.72. The lowest BCUT2D eigenvalue weighted by molar-refractivity contribution is -0.137. The first kappa shape index (κ1) is 17.2. The van der Waals surface area contributed by atoms with Crippen LogP contribution >= 0.6 is 15.9 Å². The topological polar surface area (TPSA) is 85.3 Å². The molecule has 3 heterocycles. The smallest absolute Gasteiger partial charge is 0.383 e. The molecule has 0 unspecified atom stereocenters. The second kappa shape index (κ2) is 6.03. The molecule has 0 atom stereocenters. The monoisotopic (exact) mass is 413 g/mol. The van der Waals surface area contributed by atoms with Crippen molar-refractivity contribution in [2.24, 2.45) is 0 Å². The lowest BCUT2D eigenvalue weighted by Crippen LogP contribution is -2.10. The third-order valence-corrected chi connectivity index (χ3v) is 4.17. The number of hydrogen-bond donors (Lipinski definition) is 2. The van der Waals surface area contributed by atoms with Crippen LogP contribution in [0.5, 0.6) is 0 Å². The Labute approximate surface area is 148 Å². The zero-order valence-corrected chi connectivity index (χ0v) is 14.3. The molecule has 0 aromatic carbocycles. The van der Waals surface area contributed by atoms with Gasteiger partial charge in [0, 0.05) is 30.4 Å². The summed E-state index contributed by atoms with van der Waals surface area (Å²) in [5.74, 6) is -0.549. The minimum Gasteiger partial charge on any atom is -0.383 e. The Kier molecular flexibility index (Phi) is 4.15. The van der Waals surface area contributed by atoms with Crippen molar-refractivity contribution in [3.05, 3.63) is 40.8 Å². The molecule has 3 aromatic rings. The van der Waals surface area contributed by atoms with Gasteiger partial charge in [-0.3, -0.25) is 9.20 Å². The van der Waals surface area contributed by atoms with Crippen molar-refractivity contribution < 1.29 is 18.0 Å². The number of amides is 1. The van der Waals surface area contributed by atoms with Crippen LogP contribution < -0.4 is 11.1 Å². The lowest BCUT2D eigenvalue weighted by atomic mass is 10.1. The summed E-state index contributed by atoms with van der Waals surface area (Å²) in [6, 6.07) is 4.18. The number of nitrogen functional groups attached to an aromatic ring is 1. The van der Waals surface area contributed by atoms with E-state index in [9.17, 15) is 18.0 Å². The Balaban J connectivity index is 2.11. The van der Waals surface area contributed by atoms with Gasteiger partial charge in [-0.1, -0.05) is 0 Å². The first-order chi connectivity index (χ1) is 11.7. The predicted molar refractivity (Wildman–Crippen MR) is 89.8 cm³/mol. The van der Waals surface area contributed by atoms with Crippen molar-refractivity contribution in [3.8, 4) is 11.1 Å². The zero-order valence-electron chi connectivity index (χ0n) is 12.7. The van der Waals surface area contributed by atoms with Gasteiger partial charge >= 0.3 is 6.18 Å². The van der Waals surface area contributed by atoms with Crippen LogP contribution in [0.15, 0.2) is 35.2 Å². The molecule has 25 heavy (non-hydrogen) atoms. The number of halogens is 4. The van der Waals surface area contributed by atoms with E-state index in [1.165, 1.54) is 13.1 Å². The molecule has 0 aliphatic heterocycles. The minimum atomic E-state index is -4.59. The van der Waals surface area contributed by atoms with Gasteiger partial charge < -0.3 is 11.1 Å². The molecule has 0 aliphatic carbocycles. The summed E-state index contributed by atoms with van der Waals surface area (Å²) in [4.78, 5) is 19.0. The molecule has 10 heteroatoms. The van der Waals surface area contributed by atoms with Crippen LogP contribution in [0.4, 0.5) is 24.8 Å². The Hall–Kier alpha value is -2.62. The first-order valence-electron chi connectivity index (χ1n) is 6.95. The van der Waals surface area contributed by atoms with Crippen LogP contribution in [0.2, 0.25) is 0 Å². The van der Waals surface area contributed by atoms with Gasteiger partial charge in [0.15, 0.2) is 5.82 Å². The Bertz CT molecular complexity index is 983. The Morgan fingerprint density at radius 2 is 2.04 bits per heavy atom. The number of carbonyl (C=O) groups is 1. The third-order valence-electron chi connectivity index (χ3n) is 3.41. The molecule has 6 nitrogen and oxygen atoms in total. The second-order valence-corrected chi connectivity index (χ2v) is 5.98. The fourth-order valence-electron chi connectivity index (χ4n) is 2.29. The maximum absolute atomic E-state index is 13.0. The highest BCUT2D eigenvalue weighted by Crippen LogP contribution is 2.35. The largest absolute Gasteiger partial charge is 0.419 e. The molecule has 1 amide bonds. The van der Waals surface area contributed by atoms with Crippen LogP contribution in [0.1, 0.15) is 12.5 Å². The van der Waals surface area contributed by atoms with Gasteiger partial charge in [-0.05, 0) is 34.1 Å². The van der Waals surface area contributed by atoms with E-state index < -0.39 is 17.6 Å². The fraction of sp³-hybridized carbons (Fsp3) is 0.133. The number of alkyl halides is 3.